The summed E-state index contributed by atoms with van der Waals surface area (Å²) in [6.07, 6.45) is 7.32. The maximum atomic E-state index is 11.8. The summed E-state index contributed by atoms with van der Waals surface area (Å²) in [6.45, 7) is 1.97. The predicted octanol–water partition coefficient (Wildman–Crippen LogP) is 1.95. The lowest BCUT2D eigenvalue weighted by atomic mass is 10.2. The molecule has 1 atom stereocenters. The van der Waals surface area contributed by atoms with Gasteiger partial charge in [-0.15, -0.1) is 6.42 Å². The summed E-state index contributed by atoms with van der Waals surface area (Å²) in [5.74, 6) is 2.54. The van der Waals surface area contributed by atoms with Gasteiger partial charge in [0.15, 0.2) is 0 Å². The van der Waals surface area contributed by atoms with Crippen molar-refractivity contribution in [2.75, 3.05) is 5.75 Å². The van der Waals surface area contributed by atoms with Gasteiger partial charge in [0.1, 0.15) is 0 Å². The van der Waals surface area contributed by atoms with Crippen LogP contribution in [0.25, 0.3) is 0 Å². The minimum Gasteiger partial charge on any atom is -0.212 e. The van der Waals surface area contributed by atoms with Gasteiger partial charge in [-0.1, -0.05) is 49.6 Å². The van der Waals surface area contributed by atoms with Gasteiger partial charge in [-0.3, -0.25) is 0 Å². The van der Waals surface area contributed by atoms with Crippen molar-refractivity contribution in [1.82, 2.24) is 4.72 Å². The molecule has 0 aromatic heterocycles. The van der Waals surface area contributed by atoms with E-state index in [2.05, 4.69) is 10.6 Å². The fourth-order valence-corrected chi connectivity index (χ4v) is 2.88. The Morgan fingerprint density at radius 3 is 2.56 bits per heavy atom. The summed E-state index contributed by atoms with van der Waals surface area (Å²) in [4.78, 5) is 0. The van der Waals surface area contributed by atoms with Gasteiger partial charge < -0.3 is 0 Å². The van der Waals surface area contributed by atoms with Crippen LogP contribution in [0.2, 0.25) is 0 Å². The van der Waals surface area contributed by atoms with Crippen LogP contribution in [0, 0.1) is 12.3 Å². The first-order valence-corrected chi connectivity index (χ1v) is 7.72. The van der Waals surface area contributed by atoms with Crippen LogP contribution in [-0.4, -0.2) is 20.2 Å². The molecule has 1 aromatic carbocycles. The maximum absolute atomic E-state index is 11.8. The highest BCUT2D eigenvalue weighted by atomic mass is 32.2. The third kappa shape index (κ3) is 5.35. The van der Waals surface area contributed by atoms with Crippen LogP contribution in [0.15, 0.2) is 30.3 Å². The lowest BCUT2D eigenvalue weighted by Gasteiger charge is -2.12. The highest BCUT2D eigenvalue weighted by Gasteiger charge is 2.15. The molecule has 0 saturated carbocycles. The largest absolute Gasteiger partial charge is 0.213 e. The number of terminal acetylenes is 1. The summed E-state index contributed by atoms with van der Waals surface area (Å²) in [6, 6.07) is 9.15. The van der Waals surface area contributed by atoms with E-state index in [0.717, 1.165) is 12.0 Å². The molecule has 0 spiro atoms. The Labute approximate surface area is 110 Å². The maximum Gasteiger partial charge on any atom is 0.213 e. The van der Waals surface area contributed by atoms with Gasteiger partial charge in [0, 0.05) is 0 Å². The van der Waals surface area contributed by atoms with Gasteiger partial charge in [-0.05, 0) is 18.4 Å². The van der Waals surface area contributed by atoms with Crippen LogP contribution in [0.3, 0.4) is 0 Å². The topological polar surface area (TPSA) is 46.2 Å². The zero-order valence-corrected chi connectivity index (χ0v) is 11.4. The average Bonchev–Trinajstić information content (AvgIpc) is 2.37. The minimum atomic E-state index is -3.31. The first kappa shape index (κ1) is 14.7. The fraction of sp³-hybridized carbons (Fsp3) is 0.429. The molecule has 0 aliphatic heterocycles. The van der Waals surface area contributed by atoms with Gasteiger partial charge in [0.25, 0.3) is 0 Å². The Bertz CT molecular complexity index is 488. The monoisotopic (exact) mass is 265 g/mol. The number of aryl methyl sites for hydroxylation is 1. The van der Waals surface area contributed by atoms with Crippen LogP contribution in [0.1, 0.15) is 25.3 Å². The van der Waals surface area contributed by atoms with E-state index >= 15 is 0 Å². The number of sulfonamides is 1. The molecule has 0 aliphatic carbocycles. The van der Waals surface area contributed by atoms with E-state index in [1.54, 1.807) is 0 Å². The first-order valence-electron chi connectivity index (χ1n) is 6.07. The van der Waals surface area contributed by atoms with Crippen LogP contribution in [-0.2, 0) is 16.4 Å². The Kier molecular flexibility index (Phi) is 5.90. The number of hydrogen-bond acceptors (Lipinski definition) is 2. The molecule has 0 radical (unpaired) electrons. The molecule has 3 nitrogen and oxygen atoms in total. The zero-order valence-electron chi connectivity index (χ0n) is 10.6. The first-order chi connectivity index (χ1) is 8.57. The van der Waals surface area contributed by atoms with Crippen LogP contribution >= 0.6 is 0 Å². The van der Waals surface area contributed by atoms with Crippen molar-refractivity contribution >= 4 is 10.0 Å². The molecule has 1 rings (SSSR count). The second-order valence-corrected chi connectivity index (χ2v) is 6.05. The van der Waals surface area contributed by atoms with Gasteiger partial charge in [0.05, 0.1) is 11.8 Å². The molecule has 1 N–H and O–H groups in total. The van der Waals surface area contributed by atoms with Gasteiger partial charge in [-0.25, -0.2) is 13.1 Å². The Morgan fingerprint density at radius 1 is 1.33 bits per heavy atom. The lowest BCUT2D eigenvalue weighted by molar-refractivity contribution is 0.563. The third-order valence-electron chi connectivity index (χ3n) is 2.60. The molecule has 0 fully saturated rings. The Morgan fingerprint density at radius 2 is 2.00 bits per heavy atom. The molecule has 98 valence electrons. The van der Waals surface area contributed by atoms with E-state index in [-0.39, 0.29) is 5.75 Å². The van der Waals surface area contributed by atoms with Crippen LogP contribution in [0.4, 0.5) is 0 Å². The van der Waals surface area contributed by atoms with E-state index in [4.69, 9.17) is 6.42 Å². The summed E-state index contributed by atoms with van der Waals surface area (Å²) < 4.78 is 26.2. The molecule has 4 heteroatoms. The number of rotatable bonds is 7. The molecule has 1 aromatic rings. The minimum absolute atomic E-state index is 0.0684. The molecule has 1 unspecified atom stereocenters. The quantitative estimate of drug-likeness (QED) is 0.766. The molecule has 18 heavy (non-hydrogen) atoms. The molecule has 0 aliphatic rings. The average molecular weight is 265 g/mol. The third-order valence-corrected chi connectivity index (χ3v) is 3.99. The van der Waals surface area contributed by atoms with Crippen molar-refractivity contribution < 1.29 is 8.42 Å². The summed E-state index contributed by atoms with van der Waals surface area (Å²) in [7, 11) is -3.31. The normalized spacial score (nSPS) is 12.9. The second-order valence-electron chi connectivity index (χ2n) is 4.18. The van der Waals surface area contributed by atoms with Crippen molar-refractivity contribution in [2.24, 2.45) is 0 Å². The highest BCUT2D eigenvalue weighted by molar-refractivity contribution is 7.89. The smallest absolute Gasteiger partial charge is 0.212 e. The van der Waals surface area contributed by atoms with E-state index in [0.29, 0.717) is 12.8 Å². The standard InChI is InChI=1S/C14H19NO2S/c1-3-8-14(4-2)15-18(16,17)12-11-13-9-6-5-7-10-13/h2,5-7,9-10,14-15H,3,8,11-12H2,1H3. The van der Waals surface area contributed by atoms with Crippen molar-refractivity contribution in [3.05, 3.63) is 35.9 Å². The van der Waals surface area contributed by atoms with E-state index in [1.165, 1.54) is 0 Å². The van der Waals surface area contributed by atoms with Gasteiger partial charge >= 0.3 is 0 Å². The molecule has 0 bridgehead atoms. The van der Waals surface area contributed by atoms with Crippen molar-refractivity contribution in [2.45, 2.75) is 32.2 Å². The fourth-order valence-electron chi connectivity index (χ4n) is 1.64. The Balaban J connectivity index is 2.52. The molecule has 0 saturated heterocycles. The van der Waals surface area contributed by atoms with Crippen LogP contribution in [0.5, 0.6) is 0 Å². The summed E-state index contributed by atoms with van der Waals surface area (Å²) in [5, 5.41) is 0. The Hall–Kier alpha value is -1.31. The molecular weight excluding hydrogens is 246 g/mol. The van der Waals surface area contributed by atoms with E-state index < -0.39 is 16.1 Å². The highest BCUT2D eigenvalue weighted by Crippen LogP contribution is 2.03. The summed E-state index contributed by atoms with van der Waals surface area (Å²) in [5.41, 5.74) is 1.01. The number of nitrogens with one attached hydrogen (secondary N) is 1. The number of hydrogen-bond donors (Lipinski definition) is 1. The lowest BCUT2D eigenvalue weighted by Crippen LogP contribution is -2.35. The summed E-state index contributed by atoms with van der Waals surface area (Å²) >= 11 is 0. The van der Waals surface area contributed by atoms with Gasteiger partial charge in [0.2, 0.25) is 10.0 Å². The van der Waals surface area contributed by atoms with Crippen LogP contribution < -0.4 is 4.72 Å². The number of benzene rings is 1. The van der Waals surface area contributed by atoms with Crippen molar-refractivity contribution in [1.29, 1.82) is 0 Å². The van der Waals surface area contributed by atoms with Gasteiger partial charge in [-0.2, -0.15) is 0 Å². The zero-order chi connectivity index (χ0) is 13.4. The van der Waals surface area contributed by atoms with Crippen molar-refractivity contribution in [3.8, 4) is 12.3 Å². The molecule has 0 heterocycles. The molecular formula is C14H19NO2S. The van der Waals surface area contributed by atoms with E-state index in [9.17, 15) is 8.42 Å². The predicted molar refractivity (Wildman–Crippen MR) is 74.6 cm³/mol. The second kappa shape index (κ2) is 7.20. The van der Waals surface area contributed by atoms with E-state index in [1.807, 2.05) is 37.3 Å². The van der Waals surface area contributed by atoms with Crippen molar-refractivity contribution in [3.63, 3.8) is 0 Å². The molecule has 0 amide bonds. The SMILES string of the molecule is C#CC(CCC)NS(=O)(=O)CCc1ccccc1.